The van der Waals surface area contributed by atoms with Crippen LogP contribution in [0.3, 0.4) is 0 Å². The second-order valence-corrected chi connectivity index (χ2v) is 12.7. The number of aromatic hydroxyl groups is 1. The fraction of sp³-hybridized carbons (Fsp3) is 0.471. The number of carbonyl (C=O) groups excluding carboxylic acids is 1. The van der Waals surface area contributed by atoms with Crippen molar-refractivity contribution in [2.24, 2.45) is 5.92 Å². The number of aryl methyl sites for hydroxylation is 1. The molecule has 0 amide bonds. The summed E-state index contributed by atoms with van der Waals surface area (Å²) >= 11 is 0. The van der Waals surface area contributed by atoms with E-state index in [9.17, 15) is 18.7 Å². The Hall–Kier alpha value is -4.19. The van der Waals surface area contributed by atoms with Crippen molar-refractivity contribution in [3.05, 3.63) is 47.7 Å². The molecule has 0 radical (unpaired) electrons. The Morgan fingerprint density at radius 3 is 2.80 bits per heavy atom. The molecular formula is C34H36F3N5O4. The number of carbonyl (C=O) groups is 1. The van der Waals surface area contributed by atoms with Gasteiger partial charge in [-0.3, -0.25) is 14.7 Å². The van der Waals surface area contributed by atoms with Crippen LogP contribution in [-0.4, -0.2) is 82.5 Å². The number of nitrogens with zero attached hydrogens (tertiary/aromatic N) is 5. The molecule has 1 unspecified atom stereocenters. The van der Waals surface area contributed by atoms with Crippen LogP contribution in [0.25, 0.3) is 32.9 Å². The average Bonchev–Trinajstić information content (AvgIpc) is 3.59. The van der Waals surface area contributed by atoms with Crippen molar-refractivity contribution in [2.75, 3.05) is 44.8 Å². The molecule has 0 saturated carbocycles. The number of esters is 1. The highest BCUT2D eigenvalue weighted by atomic mass is 19.1. The largest absolute Gasteiger partial charge is 0.508 e. The quantitative estimate of drug-likeness (QED) is 0.255. The molecule has 1 N–H and O–H groups in total. The van der Waals surface area contributed by atoms with E-state index in [-0.39, 0.29) is 41.1 Å². The van der Waals surface area contributed by atoms with Gasteiger partial charge in [-0.15, -0.1) is 0 Å². The molecule has 7 rings (SSSR count). The average molecular weight is 636 g/mol. The van der Waals surface area contributed by atoms with Crippen LogP contribution < -0.4 is 9.64 Å². The van der Waals surface area contributed by atoms with Gasteiger partial charge in [0.2, 0.25) is 0 Å². The van der Waals surface area contributed by atoms with Crippen LogP contribution in [0.15, 0.2) is 30.5 Å². The van der Waals surface area contributed by atoms with E-state index in [1.54, 1.807) is 6.07 Å². The van der Waals surface area contributed by atoms with Crippen molar-refractivity contribution in [3.8, 4) is 23.0 Å². The molecule has 3 aliphatic rings. The van der Waals surface area contributed by atoms with Crippen molar-refractivity contribution in [1.82, 2.24) is 19.9 Å². The van der Waals surface area contributed by atoms with Crippen molar-refractivity contribution < 1.29 is 32.5 Å². The summed E-state index contributed by atoms with van der Waals surface area (Å²) < 4.78 is 57.4. The first kappa shape index (κ1) is 30.5. The number of methoxy groups -OCH3 is 1. The molecule has 0 spiro atoms. The second-order valence-electron chi connectivity index (χ2n) is 12.7. The second kappa shape index (κ2) is 11.9. The molecule has 5 heterocycles. The zero-order valence-electron chi connectivity index (χ0n) is 25.9. The van der Waals surface area contributed by atoms with E-state index in [0.29, 0.717) is 72.9 Å². The summed E-state index contributed by atoms with van der Waals surface area (Å²) in [5.74, 6) is -1.69. The molecule has 12 heteroatoms. The molecule has 3 aliphatic heterocycles. The van der Waals surface area contributed by atoms with Crippen LogP contribution >= 0.6 is 0 Å². The summed E-state index contributed by atoms with van der Waals surface area (Å²) in [6, 6.07) is 5.70. The van der Waals surface area contributed by atoms with Gasteiger partial charge in [0.1, 0.15) is 41.4 Å². The number of benzene rings is 2. The van der Waals surface area contributed by atoms with Crippen LogP contribution in [-0.2, 0) is 16.0 Å². The highest BCUT2D eigenvalue weighted by molar-refractivity contribution is 6.01. The van der Waals surface area contributed by atoms with Gasteiger partial charge in [-0.2, -0.15) is 9.97 Å². The molecule has 242 valence electrons. The number of piperidine rings is 1. The first-order valence-electron chi connectivity index (χ1n) is 15.9. The molecule has 3 atom stereocenters. The van der Waals surface area contributed by atoms with Crippen molar-refractivity contribution >= 4 is 33.5 Å². The highest BCUT2D eigenvalue weighted by Gasteiger charge is 2.49. The van der Waals surface area contributed by atoms with E-state index in [4.69, 9.17) is 14.5 Å². The standard InChI is InChI=1S/C34H36F3N5O4/c1-3-23-26(36)8-7-19-12-22(43)13-24(27(19)23)29-28(37)30-25(15-38-29)31(41-10-4-6-20(16-41)32(44)45-2)40-33(39-30)46-18-34-9-5-11-42(34)17-21(35)14-34/h7-8,12-13,15,20-21,43H,3-6,9-11,14,16-18H2,1-2H3/t20-,21-,34?/m1/s1. The van der Waals surface area contributed by atoms with E-state index < -0.39 is 29.3 Å². The fourth-order valence-corrected chi connectivity index (χ4v) is 7.72. The van der Waals surface area contributed by atoms with Gasteiger partial charge in [-0.1, -0.05) is 13.0 Å². The number of rotatable bonds is 7. The zero-order valence-corrected chi connectivity index (χ0v) is 25.9. The topological polar surface area (TPSA) is 101 Å². The van der Waals surface area contributed by atoms with Crippen molar-refractivity contribution in [1.29, 1.82) is 0 Å². The Morgan fingerprint density at radius 1 is 1.15 bits per heavy atom. The lowest BCUT2D eigenvalue weighted by molar-refractivity contribution is -0.145. The first-order chi connectivity index (χ1) is 22.2. The molecule has 4 aromatic rings. The molecule has 3 saturated heterocycles. The Labute approximate surface area is 264 Å². The van der Waals surface area contributed by atoms with Gasteiger partial charge >= 0.3 is 12.0 Å². The van der Waals surface area contributed by atoms with E-state index in [0.717, 1.165) is 19.4 Å². The molecular weight excluding hydrogens is 599 g/mol. The number of halogens is 3. The predicted octanol–water partition coefficient (Wildman–Crippen LogP) is 5.74. The Morgan fingerprint density at radius 2 is 2.00 bits per heavy atom. The SMILES string of the molecule is CCc1c(F)ccc2cc(O)cc(-c3ncc4c(N5CCC[C@@H](C(=O)OC)C5)nc(OCC56CCCN5C[C@H](F)C6)nc4c3F)c12. The van der Waals surface area contributed by atoms with Gasteiger partial charge in [0.25, 0.3) is 0 Å². The number of fused-ring (bicyclic) bond motifs is 3. The number of alkyl halides is 1. The minimum Gasteiger partial charge on any atom is -0.508 e. The Bertz CT molecular complexity index is 1840. The van der Waals surface area contributed by atoms with Crippen LogP contribution in [0.5, 0.6) is 11.8 Å². The van der Waals surface area contributed by atoms with Gasteiger partial charge in [0, 0.05) is 37.8 Å². The third kappa shape index (κ3) is 5.16. The Balaban J connectivity index is 1.37. The van der Waals surface area contributed by atoms with Crippen LogP contribution in [0.1, 0.15) is 44.6 Å². The maximum atomic E-state index is 16.8. The number of anilines is 1. The first-order valence-corrected chi connectivity index (χ1v) is 15.9. The monoisotopic (exact) mass is 635 g/mol. The van der Waals surface area contributed by atoms with E-state index >= 15 is 4.39 Å². The normalized spacial score (nSPS) is 23.3. The van der Waals surface area contributed by atoms with Gasteiger partial charge in [0.05, 0.1) is 24.0 Å². The van der Waals surface area contributed by atoms with Gasteiger partial charge < -0.3 is 19.5 Å². The third-order valence-corrected chi connectivity index (χ3v) is 9.89. The summed E-state index contributed by atoms with van der Waals surface area (Å²) in [7, 11) is 1.35. The van der Waals surface area contributed by atoms with E-state index in [1.807, 2.05) is 11.8 Å². The van der Waals surface area contributed by atoms with E-state index in [2.05, 4.69) is 14.9 Å². The minimum atomic E-state index is -0.943. The van der Waals surface area contributed by atoms with Crippen LogP contribution in [0.4, 0.5) is 19.0 Å². The maximum absolute atomic E-state index is 16.8. The van der Waals surface area contributed by atoms with Crippen molar-refractivity contribution in [2.45, 2.75) is 57.2 Å². The lowest BCUT2D eigenvalue weighted by Crippen LogP contribution is -2.43. The predicted molar refractivity (Wildman–Crippen MR) is 167 cm³/mol. The van der Waals surface area contributed by atoms with Gasteiger partial charge in [-0.05, 0) is 73.2 Å². The maximum Gasteiger partial charge on any atom is 0.319 e. The molecule has 0 bridgehead atoms. The summed E-state index contributed by atoms with van der Waals surface area (Å²) in [6.07, 6.45) is 4.27. The van der Waals surface area contributed by atoms with Crippen LogP contribution in [0.2, 0.25) is 0 Å². The minimum absolute atomic E-state index is 0.0632. The number of hydrogen-bond donors (Lipinski definition) is 1. The summed E-state index contributed by atoms with van der Waals surface area (Å²) in [4.78, 5) is 30.2. The molecule has 46 heavy (non-hydrogen) atoms. The zero-order chi connectivity index (χ0) is 32.2. The molecule has 2 aromatic carbocycles. The number of aromatic nitrogens is 3. The smallest absolute Gasteiger partial charge is 0.319 e. The number of phenolic OH excluding ortho intramolecular Hbond substituents is 1. The molecule has 3 fully saturated rings. The number of hydrogen-bond acceptors (Lipinski definition) is 9. The number of pyridine rings is 1. The number of phenols is 1. The fourth-order valence-electron chi connectivity index (χ4n) is 7.72. The number of ether oxygens (including phenoxy) is 2. The highest BCUT2D eigenvalue weighted by Crippen LogP contribution is 2.42. The third-order valence-electron chi connectivity index (χ3n) is 9.89. The lowest BCUT2D eigenvalue weighted by Gasteiger charge is -2.33. The summed E-state index contributed by atoms with van der Waals surface area (Å²) in [6.45, 7) is 3.97. The van der Waals surface area contributed by atoms with Crippen molar-refractivity contribution in [3.63, 3.8) is 0 Å². The van der Waals surface area contributed by atoms with Gasteiger partial charge in [0.15, 0.2) is 5.82 Å². The van der Waals surface area contributed by atoms with Crippen LogP contribution in [0, 0.1) is 17.6 Å². The summed E-state index contributed by atoms with van der Waals surface area (Å²) in [5.41, 5.74) is -0.0232. The molecule has 9 nitrogen and oxygen atoms in total. The van der Waals surface area contributed by atoms with E-state index in [1.165, 1.54) is 31.5 Å². The lowest BCUT2D eigenvalue weighted by atomic mass is 9.94. The van der Waals surface area contributed by atoms with Gasteiger partial charge in [-0.25, -0.2) is 13.2 Å². The molecule has 2 aromatic heterocycles. The molecule has 0 aliphatic carbocycles. The summed E-state index contributed by atoms with van der Waals surface area (Å²) in [5, 5.41) is 11.9. The Kier molecular flexibility index (Phi) is 7.86.